The molecule has 1 saturated heterocycles. The van der Waals surface area contributed by atoms with E-state index in [0.29, 0.717) is 6.54 Å². The minimum absolute atomic E-state index is 0.104. The Labute approximate surface area is 100 Å². The zero-order valence-corrected chi connectivity index (χ0v) is 11.3. The van der Waals surface area contributed by atoms with Crippen LogP contribution in [0.4, 0.5) is 0 Å². The topological polar surface area (TPSA) is 35.5 Å². The van der Waals surface area contributed by atoms with E-state index >= 15 is 0 Å². The molecule has 3 heteroatoms. The molecule has 0 aromatic carbocycles. The highest BCUT2D eigenvalue weighted by atomic mass is 16.3. The van der Waals surface area contributed by atoms with Gasteiger partial charge in [0.1, 0.15) is 0 Å². The molecular formula is C13H28N2O. The van der Waals surface area contributed by atoms with Crippen LogP contribution in [0.25, 0.3) is 0 Å². The molecule has 1 fully saturated rings. The van der Waals surface area contributed by atoms with Crippen LogP contribution in [0.5, 0.6) is 0 Å². The molecule has 0 saturated carbocycles. The first-order chi connectivity index (χ1) is 7.35. The first kappa shape index (κ1) is 13.9. The molecule has 1 aliphatic rings. The number of aliphatic hydroxyl groups is 1. The summed E-state index contributed by atoms with van der Waals surface area (Å²) in [4.78, 5) is 2.40. The molecule has 0 radical (unpaired) electrons. The van der Waals surface area contributed by atoms with Crippen molar-refractivity contribution in [3.8, 4) is 0 Å². The van der Waals surface area contributed by atoms with Crippen LogP contribution in [-0.4, -0.2) is 47.3 Å². The standard InChI is InChI=1S/C13H28N2O/c1-5-6-7-8-15-10-12(2,3)14-9-13(4,16)11-15/h14,16H,5-11H2,1-4H3. The highest BCUT2D eigenvalue weighted by Gasteiger charge is 2.33. The fourth-order valence-electron chi connectivity index (χ4n) is 2.38. The zero-order chi connectivity index (χ0) is 12.2. The molecule has 0 spiro atoms. The van der Waals surface area contributed by atoms with E-state index in [2.05, 4.69) is 31.0 Å². The number of nitrogens with one attached hydrogen (secondary N) is 1. The summed E-state index contributed by atoms with van der Waals surface area (Å²) >= 11 is 0. The van der Waals surface area contributed by atoms with Crippen LogP contribution in [0.2, 0.25) is 0 Å². The molecule has 0 aromatic heterocycles. The van der Waals surface area contributed by atoms with Crippen LogP contribution in [0.15, 0.2) is 0 Å². The van der Waals surface area contributed by atoms with Crippen LogP contribution in [0.3, 0.4) is 0 Å². The third kappa shape index (κ3) is 4.81. The van der Waals surface area contributed by atoms with Crippen molar-refractivity contribution < 1.29 is 5.11 Å². The summed E-state index contributed by atoms with van der Waals surface area (Å²) in [5.74, 6) is 0. The largest absolute Gasteiger partial charge is 0.388 e. The number of hydrogen-bond donors (Lipinski definition) is 2. The Balaban J connectivity index is 2.52. The summed E-state index contributed by atoms with van der Waals surface area (Å²) in [6.07, 6.45) is 3.78. The SMILES string of the molecule is CCCCCN1CC(C)(O)CNC(C)(C)C1. The fourth-order valence-corrected chi connectivity index (χ4v) is 2.38. The highest BCUT2D eigenvalue weighted by Crippen LogP contribution is 2.17. The third-order valence-corrected chi connectivity index (χ3v) is 3.21. The summed E-state index contributed by atoms with van der Waals surface area (Å²) < 4.78 is 0. The first-order valence-electron chi connectivity index (χ1n) is 6.54. The van der Waals surface area contributed by atoms with E-state index in [9.17, 15) is 5.11 Å². The number of rotatable bonds is 4. The lowest BCUT2D eigenvalue weighted by Crippen LogP contribution is -2.47. The Morgan fingerprint density at radius 2 is 1.88 bits per heavy atom. The summed E-state index contributed by atoms with van der Waals surface area (Å²) in [5.41, 5.74) is -0.493. The Hall–Kier alpha value is -0.120. The minimum Gasteiger partial charge on any atom is -0.388 e. The van der Waals surface area contributed by atoms with Crippen LogP contribution in [0.1, 0.15) is 47.0 Å². The van der Waals surface area contributed by atoms with Gasteiger partial charge in [-0.15, -0.1) is 0 Å². The van der Waals surface area contributed by atoms with Gasteiger partial charge in [0.05, 0.1) is 5.60 Å². The minimum atomic E-state index is -0.597. The number of nitrogens with zero attached hydrogens (tertiary/aromatic N) is 1. The van der Waals surface area contributed by atoms with Crippen LogP contribution in [0, 0.1) is 0 Å². The second-order valence-corrected chi connectivity index (χ2v) is 6.15. The average Bonchev–Trinajstić information content (AvgIpc) is 2.23. The molecule has 1 aliphatic heterocycles. The second-order valence-electron chi connectivity index (χ2n) is 6.15. The highest BCUT2D eigenvalue weighted by molar-refractivity contribution is 4.92. The molecule has 1 heterocycles. The van der Waals surface area contributed by atoms with Crippen LogP contribution >= 0.6 is 0 Å². The van der Waals surface area contributed by atoms with Gasteiger partial charge in [0, 0.05) is 25.2 Å². The summed E-state index contributed by atoms with van der Waals surface area (Å²) in [6.45, 7) is 12.2. The molecule has 0 amide bonds. The molecule has 0 aliphatic carbocycles. The molecule has 16 heavy (non-hydrogen) atoms. The van der Waals surface area contributed by atoms with Gasteiger partial charge in [-0.3, -0.25) is 4.90 Å². The van der Waals surface area contributed by atoms with Crippen molar-refractivity contribution in [2.45, 2.75) is 58.1 Å². The molecule has 1 atom stereocenters. The number of β-amino-alcohol motifs (C(OH)–C–C–N with tert-alkyl or cyclic N) is 1. The maximum atomic E-state index is 10.2. The van der Waals surface area contributed by atoms with E-state index in [-0.39, 0.29) is 5.54 Å². The van der Waals surface area contributed by atoms with E-state index in [1.807, 2.05) is 6.92 Å². The summed E-state index contributed by atoms with van der Waals surface area (Å²) in [7, 11) is 0. The quantitative estimate of drug-likeness (QED) is 0.718. The van der Waals surface area contributed by atoms with E-state index in [0.717, 1.165) is 19.6 Å². The van der Waals surface area contributed by atoms with Gasteiger partial charge in [-0.25, -0.2) is 0 Å². The molecule has 0 bridgehead atoms. The van der Waals surface area contributed by atoms with Gasteiger partial charge >= 0.3 is 0 Å². The lowest BCUT2D eigenvalue weighted by Gasteiger charge is -2.30. The van der Waals surface area contributed by atoms with Crippen molar-refractivity contribution in [3.05, 3.63) is 0 Å². The van der Waals surface area contributed by atoms with Gasteiger partial charge in [0.15, 0.2) is 0 Å². The Morgan fingerprint density at radius 3 is 2.50 bits per heavy atom. The summed E-state index contributed by atoms with van der Waals surface area (Å²) in [5, 5.41) is 13.6. The van der Waals surface area contributed by atoms with Crippen molar-refractivity contribution in [2.75, 3.05) is 26.2 Å². The predicted octanol–water partition coefficient (Wildman–Crippen LogP) is 1.61. The van der Waals surface area contributed by atoms with Gasteiger partial charge in [-0.2, -0.15) is 0 Å². The van der Waals surface area contributed by atoms with Crippen molar-refractivity contribution in [1.82, 2.24) is 10.2 Å². The van der Waals surface area contributed by atoms with E-state index in [1.165, 1.54) is 19.3 Å². The first-order valence-corrected chi connectivity index (χ1v) is 6.54. The van der Waals surface area contributed by atoms with E-state index < -0.39 is 5.60 Å². The Kier molecular flexibility index (Phi) is 4.77. The fraction of sp³-hybridized carbons (Fsp3) is 1.00. The lowest BCUT2D eigenvalue weighted by molar-refractivity contribution is 0.0338. The monoisotopic (exact) mass is 228 g/mol. The third-order valence-electron chi connectivity index (χ3n) is 3.21. The molecule has 2 N–H and O–H groups in total. The molecule has 96 valence electrons. The number of hydrogen-bond acceptors (Lipinski definition) is 3. The second kappa shape index (κ2) is 5.48. The smallest absolute Gasteiger partial charge is 0.0869 e. The molecule has 1 unspecified atom stereocenters. The van der Waals surface area contributed by atoms with Gasteiger partial charge in [0.2, 0.25) is 0 Å². The summed E-state index contributed by atoms with van der Waals surface area (Å²) in [6, 6.07) is 0. The van der Waals surface area contributed by atoms with Crippen molar-refractivity contribution >= 4 is 0 Å². The van der Waals surface area contributed by atoms with Gasteiger partial charge in [-0.1, -0.05) is 19.8 Å². The van der Waals surface area contributed by atoms with Crippen LogP contribution < -0.4 is 5.32 Å². The van der Waals surface area contributed by atoms with Crippen molar-refractivity contribution in [2.24, 2.45) is 0 Å². The molecule has 3 nitrogen and oxygen atoms in total. The van der Waals surface area contributed by atoms with Crippen molar-refractivity contribution in [3.63, 3.8) is 0 Å². The Morgan fingerprint density at radius 1 is 1.19 bits per heavy atom. The van der Waals surface area contributed by atoms with Crippen LogP contribution in [-0.2, 0) is 0 Å². The lowest BCUT2D eigenvalue weighted by atomic mass is 10.1. The predicted molar refractivity (Wildman–Crippen MR) is 68.7 cm³/mol. The maximum absolute atomic E-state index is 10.2. The van der Waals surface area contributed by atoms with Crippen molar-refractivity contribution in [1.29, 1.82) is 0 Å². The van der Waals surface area contributed by atoms with E-state index in [1.54, 1.807) is 0 Å². The van der Waals surface area contributed by atoms with Gasteiger partial charge in [0.25, 0.3) is 0 Å². The Bertz CT molecular complexity index is 196. The average molecular weight is 228 g/mol. The molecule has 0 aromatic rings. The zero-order valence-electron chi connectivity index (χ0n) is 11.3. The molecular weight excluding hydrogens is 200 g/mol. The van der Waals surface area contributed by atoms with Gasteiger partial charge in [-0.05, 0) is 33.7 Å². The molecule has 1 rings (SSSR count). The van der Waals surface area contributed by atoms with E-state index in [4.69, 9.17) is 0 Å². The number of unbranched alkanes of at least 4 members (excludes halogenated alkanes) is 2. The normalized spacial score (nSPS) is 31.3. The van der Waals surface area contributed by atoms with Gasteiger partial charge < -0.3 is 10.4 Å². The maximum Gasteiger partial charge on any atom is 0.0869 e.